The van der Waals surface area contributed by atoms with Crippen LogP contribution < -0.4 is 0 Å². The smallest absolute Gasteiger partial charge is 0.0836 e. The van der Waals surface area contributed by atoms with Crippen molar-refractivity contribution in [2.75, 3.05) is 6.61 Å². The van der Waals surface area contributed by atoms with Crippen LogP contribution in [-0.4, -0.2) is 6.61 Å². The third-order valence-corrected chi connectivity index (χ3v) is 3.16. The molecule has 103 valence electrons. The molecule has 0 amide bonds. The van der Waals surface area contributed by atoms with Crippen molar-refractivity contribution in [1.29, 1.82) is 0 Å². The number of ether oxygens (including phenoxy) is 1. The first-order chi connectivity index (χ1) is 8.41. The highest BCUT2D eigenvalue weighted by molar-refractivity contribution is 4.53. The van der Waals surface area contributed by atoms with E-state index in [1.807, 2.05) is 6.61 Å². The summed E-state index contributed by atoms with van der Waals surface area (Å²) in [4.78, 5) is 0. The van der Waals surface area contributed by atoms with Gasteiger partial charge in [0.05, 0.1) is 6.61 Å². The van der Waals surface area contributed by atoms with Crippen LogP contribution in [-0.2, 0) is 4.74 Å². The molecule has 0 saturated carbocycles. The van der Waals surface area contributed by atoms with Crippen molar-refractivity contribution in [2.45, 2.75) is 90.9 Å². The predicted octanol–water partition coefficient (Wildman–Crippen LogP) is 5.89. The summed E-state index contributed by atoms with van der Waals surface area (Å²) in [7, 11) is 0. The Balaban J connectivity index is 2.85. The van der Waals surface area contributed by atoms with Crippen molar-refractivity contribution in [3.63, 3.8) is 0 Å². The Morgan fingerprint density at radius 2 is 1.18 bits per heavy atom. The van der Waals surface area contributed by atoms with Gasteiger partial charge in [0.2, 0.25) is 0 Å². The number of rotatable bonds is 14. The van der Waals surface area contributed by atoms with Crippen LogP contribution in [0.2, 0.25) is 0 Å². The molecule has 0 aromatic heterocycles. The molecule has 0 fully saturated rings. The standard InChI is InChI=1S/C16H33O/c1-3-5-7-9-11-13-15-17-16-14-12-10-8-6-4-2/h15H,3-14,16H2,1-2H3. The van der Waals surface area contributed by atoms with Gasteiger partial charge in [-0.25, -0.2) is 0 Å². The zero-order valence-corrected chi connectivity index (χ0v) is 12.2. The third kappa shape index (κ3) is 16.0. The second-order valence-electron chi connectivity index (χ2n) is 5.01. The maximum atomic E-state index is 5.52. The van der Waals surface area contributed by atoms with Gasteiger partial charge in [0.15, 0.2) is 0 Å². The van der Waals surface area contributed by atoms with E-state index >= 15 is 0 Å². The summed E-state index contributed by atoms with van der Waals surface area (Å²) in [6, 6.07) is 0. The minimum absolute atomic E-state index is 0.932. The molecule has 1 radical (unpaired) electrons. The Labute approximate surface area is 109 Å². The minimum atomic E-state index is 0.932. The van der Waals surface area contributed by atoms with Gasteiger partial charge in [-0.05, 0) is 12.8 Å². The molecule has 1 heteroatoms. The Hall–Kier alpha value is -0.0400. The highest BCUT2D eigenvalue weighted by Crippen LogP contribution is 2.08. The first kappa shape index (κ1) is 17.0. The first-order valence-electron chi connectivity index (χ1n) is 7.85. The molecule has 0 spiro atoms. The van der Waals surface area contributed by atoms with Gasteiger partial charge in [0.1, 0.15) is 0 Å². The molecule has 0 aliphatic rings. The van der Waals surface area contributed by atoms with Crippen LogP contribution in [0.5, 0.6) is 0 Å². The topological polar surface area (TPSA) is 9.23 Å². The summed E-state index contributed by atoms with van der Waals surface area (Å²) >= 11 is 0. The molecule has 0 aliphatic carbocycles. The van der Waals surface area contributed by atoms with Gasteiger partial charge in [-0.2, -0.15) is 0 Å². The molecule has 0 bridgehead atoms. The average molecular weight is 241 g/mol. The van der Waals surface area contributed by atoms with Crippen molar-refractivity contribution < 1.29 is 4.74 Å². The SMILES string of the molecule is CCCCCCC[CH]OCCCCCCCC. The highest BCUT2D eigenvalue weighted by atomic mass is 16.5. The molecular weight excluding hydrogens is 208 g/mol. The van der Waals surface area contributed by atoms with Gasteiger partial charge in [-0.1, -0.05) is 78.1 Å². The zero-order valence-electron chi connectivity index (χ0n) is 12.2. The summed E-state index contributed by atoms with van der Waals surface area (Å²) < 4.78 is 5.52. The lowest BCUT2D eigenvalue weighted by Gasteiger charge is -2.03. The van der Waals surface area contributed by atoms with Crippen molar-refractivity contribution in [3.8, 4) is 0 Å². The molecule has 0 aliphatic heterocycles. The monoisotopic (exact) mass is 241 g/mol. The average Bonchev–Trinajstić information content (AvgIpc) is 2.35. The summed E-state index contributed by atoms with van der Waals surface area (Å²) in [5.41, 5.74) is 0. The van der Waals surface area contributed by atoms with Crippen molar-refractivity contribution >= 4 is 0 Å². The second kappa shape index (κ2) is 16.0. The van der Waals surface area contributed by atoms with Gasteiger partial charge in [-0.15, -0.1) is 0 Å². The molecule has 17 heavy (non-hydrogen) atoms. The van der Waals surface area contributed by atoms with Crippen LogP contribution in [0.3, 0.4) is 0 Å². The van der Waals surface area contributed by atoms with Crippen molar-refractivity contribution in [3.05, 3.63) is 6.61 Å². The van der Waals surface area contributed by atoms with Crippen LogP contribution in [0, 0.1) is 6.61 Å². The Bertz CT molecular complexity index is 109. The Kier molecular flexibility index (Phi) is 15.9. The fourth-order valence-corrected chi connectivity index (χ4v) is 1.96. The Morgan fingerprint density at radius 1 is 0.647 bits per heavy atom. The van der Waals surface area contributed by atoms with E-state index in [4.69, 9.17) is 4.74 Å². The highest BCUT2D eigenvalue weighted by Gasteiger charge is 1.93. The second-order valence-corrected chi connectivity index (χ2v) is 5.01. The van der Waals surface area contributed by atoms with E-state index in [2.05, 4.69) is 13.8 Å². The van der Waals surface area contributed by atoms with Crippen LogP contribution >= 0.6 is 0 Å². The Morgan fingerprint density at radius 3 is 1.82 bits per heavy atom. The normalized spacial score (nSPS) is 10.9. The van der Waals surface area contributed by atoms with Crippen LogP contribution in [0.1, 0.15) is 90.9 Å². The van der Waals surface area contributed by atoms with Crippen LogP contribution in [0.25, 0.3) is 0 Å². The van der Waals surface area contributed by atoms with E-state index in [0.29, 0.717) is 0 Å². The van der Waals surface area contributed by atoms with Crippen molar-refractivity contribution in [1.82, 2.24) is 0 Å². The van der Waals surface area contributed by atoms with Crippen molar-refractivity contribution in [2.24, 2.45) is 0 Å². The predicted molar refractivity (Wildman–Crippen MR) is 77.0 cm³/mol. The molecule has 0 saturated heterocycles. The molecule has 0 rings (SSSR count). The first-order valence-corrected chi connectivity index (χ1v) is 7.85. The largest absolute Gasteiger partial charge is 0.376 e. The fraction of sp³-hybridized carbons (Fsp3) is 0.938. The van der Waals surface area contributed by atoms with E-state index in [1.54, 1.807) is 0 Å². The molecule has 0 aromatic rings. The number of unbranched alkanes of at least 4 members (excludes halogenated alkanes) is 10. The van der Waals surface area contributed by atoms with Gasteiger partial charge < -0.3 is 4.74 Å². The summed E-state index contributed by atoms with van der Waals surface area (Å²) in [6.07, 6.45) is 16.0. The molecule has 0 aromatic carbocycles. The van der Waals surface area contributed by atoms with E-state index < -0.39 is 0 Å². The van der Waals surface area contributed by atoms with Crippen LogP contribution in [0.15, 0.2) is 0 Å². The summed E-state index contributed by atoms with van der Waals surface area (Å²) in [5, 5.41) is 0. The van der Waals surface area contributed by atoms with Gasteiger partial charge in [-0.3, -0.25) is 0 Å². The van der Waals surface area contributed by atoms with Gasteiger partial charge in [0.25, 0.3) is 0 Å². The fourth-order valence-electron chi connectivity index (χ4n) is 1.96. The molecular formula is C16H33O. The lowest BCUT2D eigenvalue weighted by Crippen LogP contribution is -1.92. The zero-order chi connectivity index (χ0) is 12.6. The van der Waals surface area contributed by atoms with Gasteiger partial charge >= 0.3 is 0 Å². The summed E-state index contributed by atoms with van der Waals surface area (Å²) in [5.74, 6) is 0. The summed E-state index contributed by atoms with van der Waals surface area (Å²) in [6.45, 7) is 7.48. The minimum Gasteiger partial charge on any atom is -0.376 e. The van der Waals surface area contributed by atoms with E-state index in [9.17, 15) is 0 Å². The van der Waals surface area contributed by atoms with E-state index in [1.165, 1.54) is 70.6 Å². The van der Waals surface area contributed by atoms with Crippen LogP contribution in [0.4, 0.5) is 0 Å². The molecule has 0 heterocycles. The maximum absolute atomic E-state index is 5.52. The molecule has 0 atom stereocenters. The molecule has 0 unspecified atom stereocenters. The number of hydrogen-bond acceptors (Lipinski definition) is 1. The van der Waals surface area contributed by atoms with Gasteiger partial charge in [0, 0.05) is 6.61 Å². The maximum Gasteiger partial charge on any atom is 0.0836 e. The lowest BCUT2D eigenvalue weighted by atomic mass is 10.1. The molecule has 0 N–H and O–H groups in total. The van der Waals surface area contributed by atoms with E-state index in [-0.39, 0.29) is 0 Å². The third-order valence-electron chi connectivity index (χ3n) is 3.16. The van der Waals surface area contributed by atoms with E-state index in [0.717, 1.165) is 13.0 Å². The lowest BCUT2D eigenvalue weighted by molar-refractivity contribution is 0.183. The number of hydrogen-bond donors (Lipinski definition) is 0. The quantitative estimate of drug-likeness (QED) is 0.345. The molecule has 1 nitrogen and oxygen atoms in total.